The van der Waals surface area contributed by atoms with Gasteiger partial charge in [-0.3, -0.25) is 0 Å². The lowest BCUT2D eigenvalue weighted by atomic mass is 10.1. The quantitative estimate of drug-likeness (QED) is 0.840. The zero-order chi connectivity index (χ0) is 13.7. The van der Waals surface area contributed by atoms with Crippen molar-refractivity contribution in [3.63, 3.8) is 0 Å². The van der Waals surface area contributed by atoms with Gasteiger partial charge in [0.15, 0.2) is 0 Å². The van der Waals surface area contributed by atoms with Crippen molar-refractivity contribution in [3.05, 3.63) is 29.8 Å². The molecule has 1 aliphatic heterocycles. The molecule has 1 aromatic carbocycles. The van der Waals surface area contributed by atoms with Gasteiger partial charge < -0.3 is 19.8 Å². The maximum Gasteiger partial charge on any atom is 0.119 e. The first-order valence-corrected chi connectivity index (χ1v) is 6.91. The zero-order valence-corrected chi connectivity index (χ0v) is 11.5. The fraction of sp³-hybridized carbons (Fsp3) is 0.600. The third-order valence-corrected chi connectivity index (χ3v) is 3.49. The number of hydrogen-bond acceptors (Lipinski definition) is 4. The van der Waals surface area contributed by atoms with Crippen molar-refractivity contribution >= 4 is 0 Å². The fourth-order valence-electron chi connectivity index (χ4n) is 2.28. The molecule has 1 atom stereocenters. The molecule has 1 fully saturated rings. The highest BCUT2D eigenvalue weighted by Gasteiger charge is 2.19. The minimum atomic E-state index is -0.489. The van der Waals surface area contributed by atoms with Crippen molar-refractivity contribution in [2.45, 2.75) is 32.0 Å². The van der Waals surface area contributed by atoms with Gasteiger partial charge in [0.05, 0.1) is 6.10 Å². The van der Waals surface area contributed by atoms with Crippen LogP contribution < -0.4 is 4.74 Å². The number of aliphatic hydroxyl groups is 2. The SMILES string of the molecule is Cc1ccc(OCC(O)CN2CCC(O)CC2)cc1. The molecule has 4 heteroatoms. The van der Waals surface area contributed by atoms with Crippen LogP contribution in [0.25, 0.3) is 0 Å². The highest BCUT2D eigenvalue weighted by atomic mass is 16.5. The van der Waals surface area contributed by atoms with Crippen LogP contribution in [0.15, 0.2) is 24.3 Å². The van der Waals surface area contributed by atoms with E-state index in [1.165, 1.54) is 5.56 Å². The fourth-order valence-corrected chi connectivity index (χ4v) is 2.28. The third-order valence-electron chi connectivity index (χ3n) is 3.49. The van der Waals surface area contributed by atoms with Gasteiger partial charge in [-0.05, 0) is 31.9 Å². The summed E-state index contributed by atoms with van der Waals surface area (Å²) in [6, 6.07) is 7.82. The van der Waals surface area contributed by atoms with Crippen LogP contribution in [-0.4, -0.2) is 53.6 Å². The average Bonchev–Trinajstić information content (AvgIpc) is 2.41. The molecule has 2 rings (SSSR count). The minimum absolute atomic E-state index is 0.169. The predicted octanol–water partition coefficient (Wildman–Crippen LogP) is 1.19. The summed E-state index contributed by atoms with van der Waals surface area (Å²) in [5.41, 5.74) is 1.19. The van der Waals surface area contributed by atoms with Gasteiger partial charge in [0.25, 0.3) is 0 Å². The van der Waals surface area contributed by atoms with Crippen LogP contribution in [0.1, 0.15) is 18.4 Å². The Morgan fingerprint density at radius 3 is 2.53 bits per heavy atom. The first-order chi connectivity index (χ1) is 9.13. The molecule has 0 spiro atoms. The van der Waals surface area contributed by atoms with E-state index in [9.17, 15) is 10.2 Å². The summed E-state index contributed by atoms with van der Waals surface area (Å²) >= 11 is 0. The smallest absolute Gasteiger partial charge is 0.119 e. The van der Waals surface area contributed by atoms with E-state index in [-0.39, 0.29) is 6.10 Å². The van der Waals surface area contributed by atoms with Crippen molar-refractivity contribution in [1.29, 1.82) is 0 Å². The van der Waals surface area contributed by atoms with E-state index in [2.05, 4.69) is 4.90 Å². The van der Waals surface area contributed by atoms with Crippen molar-refractivity contribution in [2.24, 2.45) is 0 Å². The van der Waals surface area contributed by atoms with Crippen LogP contribution in [0.3, 0.4) is 0 Å². The lowest BCUT2D eigenvalue weighted by Gasteiger charge is -2.30. The van der Waals surface area contributed by atoms with Gasteiger partial charge in [-0.2, -0.15) is 0 Å². The lowest BCUT2D eigenvalue weighted by molar-refractivity contribution is 0.0337. The number of nitrogens with zero attached hydrogens (tertiary/aromatic N) is 1. The van der Waals surface area contributed by atoms with E-state index in [1.807, 2.05) is 31.2 Å². The summed E-state index contributed by atoms with van der Waals surface area (Å²) < 4.78 is 5.56. The van der Waals surface area contributed by atoms with Gasteiger partial charge in [0.1, 0.15) is 18.5 Å². The van der Waals surface area contributed by atoms with Crippen LogP contribution in [-0.2, 0) is 0 Å². The van der Waals surface area contributed by atoms with E-state index in [0.717, 1.165) is 31.7 Å². The van der Waals surface area contributed by atoms with Gasteiger partial charge in [-0.25, -0.2) is 0 Å². The van der Waals surface area contributed by atoms with E-state index in [0.29, 0.717) is 13.2 Å². The third kappa shape index (κ3) is 4.82. The lowest BCUT2D eigenvalue weighted by Crippen LogP contribution is -2.41. The summed E-state index contributed by atoms with van der Waals surface area (Å²) in [5.74, 6) is 0.790. The molecule has 0 aliphatic carbocycles. The topological polar surface area (TPSA) is 52.9 Å². The molecule has 0 amide bonds. The second-order valence-electron chi connectivity index (χ2n) is 5.31. The molecule has 1 unspecified atom stereocenters. The number of piperidine rings is 1. The highest BCUT2D eigenvalue weighted by molar-refractivity contribution is 5.26. The number of aryl methyl sites for hydroxylation is 1. The second kappa shape index (κ2) is 6.89. The Kier molecular flexibility index (Phi) is 5.19. The standard InChI is InChI=1S/C15H23NO3/c1-12-2-4-15(5-3-12)19-11-14(18)10-16-8-6-13(17)7-9-16/h2-5,13-14,17-18H,6-11H2,1H3. The molecule has 2 N–H and O–H groups in total. The summed E-state index contributed by atoms with van der Waals surface area (Å²) in [6.07, 6.45) is 0.936. The van der Waals surface area contributed by atoms with Gasteiger partial charge in [-0.15, -0.1) is 0 Å². The summed E-state index contributed by atoms with van der Waals surface area (Å²) in [6.45, 7) is 4.65. The Morgan fingerprint density at radius 1 is 1.26 bits per heavy atom. The maximum atomic E-state index is 9.95. The molecule has 1 aliphatic rings. The van der Waals surface area contributed by atoms with Crippen LogP contribution in [0.4, 0.5) is 0 Å². The molecule has 0 bridgehead atoms. The predicted molar refractivity (Wildman–Crippen MR) is 74.4 cm³/mol. The Morgan fingerprint density at radius 2 is 1.89 bits per heavy atom. The molecule has 19 heavy (non-hydrogen) atoms. The number of benzene rings is 1. The second-order valence-corrected chi connectivity index (χ2v) is 5.31. The van der Waals surface area contributed by atoms with E-state index in [4.69, 9.17) is 4.74 Å². The van der Waals surface area contributed by atoms with Crippen LogP contribution in [0.5, 0.6) is 5.75 Å². The summed E-state index contributed by atoms with van der Waals surface area (Å²) in [5, 5.41) is 19.4. The average molecular weight is 265 g/mol. The normalized spacial score (nSPS) is 19.3. The number of aliphatic hydroxyl groups excluding tert-OH is 2. The number of hydrogen-bond donors (Lipinski definition) is 2. The Balaban J connectivity index is 1.69. The molecule has 0 saturated carbocycles. The van der Waals surface area contributed by atoms with Crippen molar-refractivity contribution in [2.75, 3.05) is 26.2 Å². The van der Waals surface area contributed by atoms with Crippen molar-refractivity contribution in [1.82, 2.24) is 4.90 Å². The van der Waals surface area contributed by atoms with Gasteiger partial charge in [0, 0.05) is 19.6 Å². The number of likely N-dealkylation sites (tertiary alicyclic amines) is 1. The summed E-state index contributed by atoms with van der Waals surface area (Å²) in [7, 11) is 0. The molecule has 1 saturated heterocycles. The first kappa shape index (κ1) is 14.3. The van der Waals surface area contributed by atoms with Crippen molar-refractivity contribution in [3.8, 4) is 5.75 Å². The van der Waals surface area contributed by atoms with E-state index in [1.54, 1.807) is 0 Å². The molecular formula is C15H23NO3. The van der Waals surface area contributed by atoms with Crippen LogP contribution in [0, 0.1) is 6.92 Å². The molecule has 0 radical (unpaired) electrons. The zero-order valence-electron chi connectivity index (χ0n) is 11.5. The van der Waals surface area contributed by atoms with Gasteiger partial charge >= 0.3 is 0 Å². The minimum Gasteiger partial charge on any atom is -0.491 e. The van der Waals surface area contributed by atoms with E-state index >= 15 is 0 Å². The van der Waals surface area contributed by atoms with Crippen LogP contribution >= 0.6 is 0 Å². The Bertz CT molecular complexity index is 371. The Hall–Kier alpha value is -1.10. The molecule has 1 heterocycles. The van der Waals surface area contributed by atoms with E-state index < -0.39 is 6.10 Å². The largest absolute Gasteiger partial charge is 0.491 e. The van der Waals surface area contributed by atoms with Crippen molar-refractivity contribution < 1.29 is 14.9 Å². The van der Waals surface area contributed by atoms with Gasteiger partial charge in [-0.1, -0.05) is 17.7 Å². The Labute approximate surface area is 114 Å². The number of ether oxygens (including phenoxy) is 1. The first-order valence-electron chi connectivity index (χ1n) is 6.91. The monoisotopic (exact) mass is 265 g/mol. The highest BCUT2D eigenvalue weighted by Crippen LogP contribution is 2.13. The maximum absolute atomic E-state index is 9.95. The summed E-state index contributed by atoms with van der Waals surface area (Å²) in [4.78, 5) is 2.18. The van der Waals surface area contributed by atoms with Crippen LogP contribution in [0.2, 0.25) is 0 Å². The molecule has 4 nitrogen and oxygen atoms in total. The van der Waals surface area contributed by atoms with Gasteiger partial charge in [0.2, 0.25) is 0 Å². The number of β-amino-alcohol motifs (C(OH)–C–C–N with tert-alkyl or cyclic N) is 1. The molecule has 1 aromatic rings. The molecule has 106 valence electrons. The molecule has 0 aromatic heterocycles. The number of rotatable bonds is 5. The molecular weight excluding hydrogens is 242 g/mol.